The average Bonchev–Trinajstić information content (AvgIpc) is 2.30. The fourth-order valence-corrected chi connectivity index (χ4v) is 2.47. The fraction of sp³-hybridized carbons (Fsp3) is 0.357. The Labute approximate surface area is 101 Å². The van der Waals surface area contributed by atoms with Crippen molar-refractivity contribution in [2.45, 2.75) is 31.6 Å². The first-order chi connectivity index (χ1) is 7.74. The normalized spacial score (nSPS) is 14.9. The highest BCUT2D eigenvalue weighted by Gasteiger charge is 2.18. The molecule has 0 fully saturated rings. The van der Waals surface area contributed by atoms with Crippen molar-refractivity contribution in [3.63, 3.8) is 0 Å². The van der Waals surface area contributed by atoms with Crippen LogP contribution >= 0.6 is 11.6 Å². The third-order valence-electron chi connectivity index (χ3n) is 3.05. The molecule has 1 aromatic carbocycles. The second kappa shape index (κ2) is 4.84. The van der Waals surface area contributed by atoms with E-state index in [1.54, 1.807) is 0 Å². The lowest BCUT2D eigenvalue weighted by Crippen LogP contribution is -2.10. The van der Waals surface area contributed by atoms with Crippen LogP contribution in [0.2, 0.25) is 0 Å². The summed E-state index contributed by atoms with van der Waals surface area (Å²) in [6, 6.07) is 10.4. The molecule has 1 aromatic heterocycles. The van der Waals surface area contributed by atoms with Gasteiger partial charge in [0, 0.05) is 22.9 Å². The first kappa shape index (κ1) is 11.4. The molecule has 0 saturated heterocycles. The second-order valence-corrected chi connectivity index (χ2v) is 4.80. The van der Waals surface area contributed by atoms with E-state index in [-0.39, 0.29) is 5.38 Å². The molecule has 1 heterocycles. The zero-order valence-corrected chi connectivity index (χ0v) is 10.4. The molecule has 0 spiro atoms. The van der Waals surface area contributed by atoms with E-state index in [9.17, 15) is 0 Å². The van der Waals surface area contributed by atoms with E-state index in [2.05, 4.69) is 36.2 Å². The minimum absolute atomic E-state index is 0.114. The summed E-state index contributed by atoms with van der Waals surface area (Å²) in [5.74, 6) is 0.327. The number of pyridine rings is 1. The minimum atomic E-state index is 0.114. The molecule has 16 heavy (non-hydrogen) atoms. The Morgan fingerprint density at radius 1 is 1.25 bits per heavy atom. The van der Waals surface area contributed by atoms with Crippen molar-refractivity contribution in [3.8, 4) is 0 Å². The van der Waals surface area contributed by atoms with Crippen LogP contribution in [0.1, 0.15) is 31.9 Å². The quantitative estimate of drug-likeness (QED) is 0.718. The molecule has 0 aliphatic heterocycles. The highest BCUT2D eigenvalue weighted by atomic mass is 35.5. The summed E-state index contributed by atoms with van der Waals surface area (Å²) in [5, 5.41) is 2.58. The summed E-state index contributed by atoms with van der Waals surface area (Å²) in [7, 11) is 0. The van der Waals surface area contributed by atoms with Gasteiger partial charge in [-0.25, -0.2) is 0 Å². The Hall–Kier alpha value is -1.08. The van der Waals surface area contributed by atoms with E-state index in [1.165, 1.54) is 10.8 Å². The van der Waals surface area contributed by atoms with Crippen LogP contribution in [0.4, 0.5) is 0 Å². The van der Waals surface area contributed by atoms with Gasteiger partial charge >= 0.3 is 0 Å². The van der Waals surface area contributed by atoms with Crippen LogP contribution in [0.15, 0.2) is 36.5 Å². The predicted molar refractivity (Wildman–Crippen MR) is 70.1 cm³/mol. The Morgan fingerprint density at radius 3 is 2.69 bits per heavy atom. The van der Waals surface area contributed by atoms with Crippen LogP contribution in [0.3, 0.4) is 0 Å². The summed E-state index contributed by atoms with van der Waals surface area (Å²) in [6.45, 7) is 4.20. The Kier molecular flexibility index (Phi) is 3.45. The van der Waals surface area contributed by atoms with Crippen LogP contribution in [0.5, 0.6) is 0 Å². The van der Waals surface area contributed by atoms with Gasteiger partial charge in [0.1, 0.15) is 0 Å². The second-order valence-electron chi connectivity index (χ2n) is 4.11. The fourth-order valence-electron chi connectivity index (χ4n) is 2.17. The van der Waals surface area contributed by atoms with E-state index in [1.807, 2.05) is 19.2 Å². The highest BCUT2D eigenvalue weighted by molar-refractivity contribution is 6.21. The van der Waals surface area contributed by atoms with Gasteiger partial charge in [0.15, 0.2) is 0 Å². The molecule has 2 atom stereocenters. The maximum absolute atomic E-state index is 6.24. The van der Waals surface area contributed by atoms with Gasteiger partial charge in [-0.2, -0.15) is 0 Å². The monoisotopic (exact) mass is 233 g/mol. The summed E-state index contributed by atoms with van der Waals surface area (Å²) in [4.78, 5) is 4.51. The molecule has 2 unspecified atom stereocenters. The van der Waals surface area contributed by atoms with Gasteiger partial charge in [-0.05, 0) is 24.8 Å². The predicted octanol–water partition coefficient (Wildman–Crippen LogP) is 4.36. The SMILES string of the molecule is CCC(c1nccc2ccccc12)C(C)Cl. The molecule has 0 aliphatic rings. The van der Waals surface area contributed by atoms with Crippen molar-refractivity contribution >= 4 is 22.4 Å². The molecule has 0 N–H and O–H groups in total. The first-order valence-corrected chi connectivity index (χ1v) is 6.15. The van der Waals surface area contributed by atoms with Crippen molar-refractivity contribution in [3.05, 3.63) is 42.2 Å². The highest BCUT2D eigenvalue weighted by Crippen LogP contribution is 2.30. The van der Waals surface area contributed by atoms with E-state index in [0.717, 1.165) is 12.1 Å². The lowest BCUT2D eigenvalue weighted by atomic mass is 9.94. The molecular formula is C14H16ClN. The third-order valence-corrected chi connectivity index (χ3v) is 3.35. The number of fused-ring (bicyclic) bond motifs is 1. The molecule has 0 amide bonds. The van der Waals surface area contributed by atoms with Gasteiger partial charge in [0.05, 0.1) is 5.69 Å². The molecule has 0 radical (unpaired) electrons. The smallest absolute Gasteiger partial charge is 0.0527 e. The molecule has 2 aromatic rings. The van der Waals surface area contributed by atoms with E-state index < -0.39 is 0 Å². The van der Waals surface area contributed by atoms with Gasteiger partial charge in [0.2, 0.25) is 0 Å². The molecular weight excluding hydrogens is 218 g/mol. The van der Waals surface area contributed by atoms with Gasteiger partial charge in [-0.15, -0.1) is 11.6 Å². The summed E-state index contributed by atoms with van der Waals surface area (Å²) >= 11 is 6.24. The molecule has 1 nitrogen and oxygen atoms in total. The Bertz CT molecular complexity index is 474. The summed E-state index contributed by atoms with van der Waals surface area (Å²) in [5.41, 5.74) is 1.13. The number of aromatic nitrogens is 1. The van der Waals surface area contributed by atoms with Gasteiger partial charge in [-0.1, -0.05) is 31.2 Å². The Balaban J connectivity index is 2.59. The van der Waals surface area contributed by atoms with Crippen LogP contribution in [0.25, 0.3) is 10.8 Å². The number of hydrogen-bond donors (Lipinski definition) is 0. The van der Waals surface area contributed by atoms with Gasteiger partial charge < -0.3 is 0 Å². The number of benzene rings is 1. The van der Waals surface area contributed by atoms with E-state index in [4.69, 9.17) is 11.6 Å². The number of hydrogen-bond acceptors (Lipinski definition) is 1. The minimum Gasteiger partial charge on any atom is -0.260 e. The molecule has 0 aliphatic carbocycles. The van der Waals surface area contributed by atoms with Crippen molar-refractivity contribution in [1.82, 2.24) is 4.98 Å². The van der Waals surface area contributed by atoms with Crippen molar-refractivity contribution in [2.75, 3.05) is 0 Å². The lowest BCUT2D eigenvalue weighted by Gasteiger charge is -2.18. The van der Waals surface area contributed by atoms with Crippen LogP contribution in [0, 0.1) is 0 Å². The van der Waals surface area contributed by atoms with Crippen LogP contribution < -0.4 is 0 Å². The molecule has 2 heteroatoms. The number of rotatable bonds is 3. The topological polar surface area (TPSA) is 12.9 Å². The largest absolute Gasteiger partial charge is 0.260 e. The van der Waals surface area contributed by atoms with Gasteiger partial charge in [0.25, 0.3) is 0 Å². The van der Waals surface area contributed by atoms with Crippen LogP contribution in [-0.4, -0.2) is 10.4 Å². The average molecular weight is 234 g/mol. The van der Waals surface area contributed by atoms with Crippen molar-refractivity contribution in [2.24, 2.45) is 0 Å². The number of nitrogens with zero attached hydrogens (tertiary/aromatic N) is 1. The van der Waals surface area contributed by atoms with Crippen LogP contribution in [-0.2, 0) is 0 Å². The standard InChI is InChI=1S/C14H16ClN/c1-3-12(10(2)15)14-13-7-5-4-6-11(13)8-9-16-14/h4-10,12H,3H2,1-2H3. The lowest BCUT2D eigenvalue weighted by molar-refractivity contribution is 0.636. The van der Waals surface area contributed by atoms with Gasteiger partial charge in [-0.3, -0.25) is 4.98 Å². The summed E-state index contributed by atoms with van der Waals surface area (Å²) < 4.78 is 0. The maximum atomic E-state index is 6.24. The molecule has 0 saturated carbocycles. The molecule has 84 valence electrons. The number of halogens is 1. The first-order valence-electron chi connectivity index (χ1n) is 5.71. The van der Waals surface area contributed by atoms with E-state index >= 15 is 0 Å². The summed E-state index contributed by atoms with van der Waals surface area (Å²) in [6.07, 6.45) is 2.89. The Morgan fingerprint density at radius 2 is 2.00 bits per heavy atom. The van der Waals surface area contributed by atoms with Crippen molar-refractivity contribution < 1.29 is 0 Å². The maximum Gasteiger partial charge on any atom is 0.0527 e. The third kappa shape index (κ3) is 2.05. The zero-order chi connectivity index (χ0) is 11.5. The van der Waals surface area contributed by atoms with E-state index in [0.29, 0.717) is 5.92 Å². The zero-order valence-electron chi connectivity index (χ0n) is 9.65. The van der Waals surface area contributed by atoms with Crippen molar-refractivity contribution in [1.29, 1.82) is 0 Å². The number of alkyl halides is 1. The molecule has 0 bridgehead atoms. The molecule has 2 rings (SSSR count).